The highest BCUT2D eigenvalue weighted by Crippen LogP contribution is 2.24. The van der Waals surface area contributed by atoms with Crippen molar-refractivity contribution in [2.24, 2.45) is 0 Å². The van der Waals surface area contributed by atoms with E-state index >= 15 is 0 Å². The van der Waals surface area contributed by atoms with Crippen LogP contribution in [0.5, 0.6) is 0 Å². The Morgan fingerprint density at radius 1 is 0.705 bits per heavy atom. The molecule has 44 heavy (non-hydrogen) atoms. The minimum Gasteiger partial charge on any atom is -0.324 e. The van der Waals surface area contributed by atoms with Crippen LogP contribution in [0.4, 0.5) is 23.3 Å². The Hall–Kier alpha value is -6.15. The van der Waals surface area contributed by atoms with Gasteiger partial charge in [-0.2, -0.15) is 0 Å². The van der Waals surface area contributed by atoms with Gasteiger partial charge in [0.1, 0.15) is 0 Å². The molecule has 0 saturated heterocycles. The number of H-pyrrole nitrogens is 2. The first kappa shape index (κ1) is 28.0. The molecule has 6 rings (SSSR count). The molecule has 0 radical (unpaired) electrons. The molecule has 4 aromatic carbocycles. The molecule has 2 amide bonds. The fraction of sp³-hybridized carbons (Fsp3) is 0.0345. The van der Waals surface area contributed by atoms with Crippen molar-refractivity contribution in [3.8, 4) is 0 Å². The smallest absolute Gasteiger partial charge is 0.270 e. The number of fused-ring (bicyclic) bond motifs is 2. The summed E-state index contributed by atoms with van der Waals surface area (Å²) in [5, 5.41) is 28.4. The average molecular weight is 611 g/mol. The number of hydrogen-bond donors (Lipinski definition) is 4. The number of imidazole rings is 2. The fourth-order valence-electron chi connectivity index (χ4n) is 4.64. The highest BCUT2D eigenvalue weighted by atomic mass is 35.5. The Bertz CT molecular complexity index is 2140. The third-order valence-corrected chi connectivity index (χ3v) is 6.87. The number of aromatic nitrogens is 4. The maximum atomic E-state index is 13.1. The maximum absolute atomic E-state index is 13.1. The van der Waals surface area contributed by atoms with Crippen LogP contribution in [0.3, 0.4) is 0 Å². The number of nitrogens with one attached hydrogen (secondary N) is 4. The second-order valence-corrected chi connectivity index (χ2v) is 10.2. The number of non-ortho nitro benzene ring substituents is 2. The van der Waals surface area contributed by atoms with Crippen LogP contribution in [-0.2, 0) is 6.42 Å². The van der Waals surface area contributed by atoms with Gasteiger partial charge in [-0.25, -0.2) is 9.97 Å². The van der Waals surface area contributed by atoms with E-state index < -0.39 is 21.7 Å². The lowest BCUT2D eigenvalue weighted by atomic mass is 10.0. The summed E-state index contributed by atoms with van der Waals surface area (Å²) >= 11 is 6.01. The number of anilines is 2. The summed E-state index contributed by atoms with van der Waals surface area (Å²) in [6.45, 7) is 0. The summed E-state index contributed by atoms with van der Waals surface area (Å²) in [6.07, 6.45) is 0.245. The van der Waals surface area contributed by atoms with Gasteiger partial charge in [-0.1, -0.05) is 23.7 Å². The fourth-order valence-corrected chi connectivity index (χ4v) is 4.81. The number of aromatic amines is 2. The molecule has 0 atom stereocenters. The third kappa shape index (κ3) is 5.91. The summed E-state index contributed by atoms with van der Waals surface area (Å²) in [4.78, 5) is 61.8. The topological polar surface area (TPSA) is 202 Å². The van der Waals surface area contributed by atoms with Gasteiger partial charge in [0.25, 0.3) is 23.2 Å². The molecule has 2 aromatic heterocycles. The van der Waals surface area contributed by atoms with Crippen molar-refractivity contribution in [3.63, 3.8) is 0 Å². The van der Waals surface area contributed by atoms with E-state index in [4.69, 9.17) is 11.6 Å². The van der Waals surface area contributed by atoms with Crippen molar-refractivity contribution >= 4 is 68.8 Å². The van der Waals surface area contributed by atoms with E-state index in [9.17, 15) is 29.8 Å². The van der Waals surface area contributed by atoms with Crippen molar-refractivity contribution < 1.29 is 19.4 Å². The first-order valence-electron chi connectivity index (χ1n) is 12.9. The lowest BCUT2D eigenvalue weighted by molar-refractivity contribution is -0.385. The average Bonchev–Trinajstić information content (AvgIpc) is 3.58. The zero-order chi connectivity index (χ0) is 31.0. The molecule has 2 heterocycles. The molecule has 0 aliphatic heterocycles. The van der Waals surface area contributed by atoms with Crippen LogP contribution >= 0.6 is 11.6 Å². The highest BCUT2D eigenvalue weighted by Gasteiger charge is 2.18. The molecule has 15 heteroatoms. The van der Waals surface area contributed by atoms with E-state index in [1.165, 1.54) is 30.3 Å². The van der Waals surface area contributed by atoms with Crippen LogP contribution in [0.15, 0.2) is 78.9 Å². The second-order valence-electron chi connectivity index (χ2n) is 9.72. The van der Waals surface area contributed by atoms with E-state index in [0.29, 0.717) is 32.7 Å². The monoisotopic (exact) mass is 610 g/mol. The number of nitro groups is 2. The molecule has 0 aliphatic rings. The molecule has 0 aliphatic carbocycles. The van der Waals surface area contributed by atoms with Crippen LogP contribution in [0, 0.1) is 20.2 Å². The number of benzene rings is 4. The maximum Gasteiger partial charge on any atom is 0.270 e. The number of halogens is 1. The van der Waals surface area contributed by atoms with Gasteiger partial charge >= 0.3 is 0 Å². The van der Waals surface area contributed by atoms with E-state index in [1.807, 2.05) is 0 Å². The van der Waals surface area contributed by atoms with Crippen LogP contribution in [0.2, 0.25) is 5.02 Å². The number of amides is 2. The molecule has 0 fully saturated rings. The molecule has 14 nitrogen and oxygen atoms in total. The van der Waals surface area contributed by atoms with Gasteiger partial charge in [-0.3, -0.25) is 40.5 Å². The third-order valence-electron chi connectivity index (χ3n) is 6.63. The molecule has 0 unspecified atom stereocenters. The quantitative estimate of drug-likeness (QED) is 0.118. The van der Waals surface area contributed by atoms with Gasteiger partial charge in [-0.15, -0.1) is 0 Å². The number of nitrogens with zero attached hydrogens (tertiary/aromatic N) is 4. The summed E-state index contributed by atoms with van der Waals surface area (Å²) in [5.41, 5.74) is 3.28. The van der Waals surface area contributed by atoms with Crippen molar-refractivity contribution in [1.82, 2.24) is 19.9 Å². The Balaban J connectivity index is 1.21. The molecule has 218 valence electrons. The van der Waals surface area contributed by atoms with E-state index in [0.717, 1.165) is 11.6 Å². The van der Waals surface area contributed by atoms with Crippen LogP contribution < -0.4 is 10.6 Å². The molecule has 0 spiro atoms. The predicted molar refractivity (Wildman–Crippen MR) is 162 cm³/mol. The van der Waals surface area contributed by atoms with Crippen molar-refractivity contribution in [2.75, 3.05) is 10.6 Å². The zero-order valence-electron chi connectivity index (χ0n) is 22.3. The largest absolute Gasteiger partial charge is 0.324 e. The zero-order valence-corrected chi connectivity index (χ0v) is 23.1. The van der Waals surface area contributed by atoms with E-state index in [-0.39, 0.29) is 40.8 Å². The number of hydrogen-bond acceptors (Lipinski definition) is 8. The van der Waals surface area contributed by atoms with E-state index in [1.54, 1.807) is 42.5 Å². The normalized spacial score (nSPS) is 11.0. The summed E-state index contributed by atoms with van der Waals surface area (Å²) in [5.74, 6) is -0.871. The molecule has 0 saturated carbocycles. The Morgan fingerprint density at radius 2 is 1.32 bits per heavy atom. The van der Waals surface area contributed by atoms with Gasteiger partial charge in [0.05, 0.1) is 31.9 Å². The SMILES string of the molecule is O=C(Nc1nc2ccc(Cl)cc2[nH]1)c1cc(Cc2ccc3nc(NC(=O)c4cccc([N+](=O)[O-])c4)[nH]c3c2)cc([N+](=O)[O-])c1. The van der Waals surface area contributed by atoms with Gasteiger partial charge in [0, 0.05) is 40.4 Å². The predicted octanol–water partition coefficient (Wildman–Crippen LogP) is 6.00. The van der Waals surface area contributed by atoms with E-state index in [2.05, 4.69) is 30.6 Å². The van der Waals surface area contributed by atoms with Gasteiger partial charge in [0.2, 0.25) is 11.9 Å². The van der Waals surface area contributed by atoms with Crippen molar-refractivity contribution in [2.45, 2.75) is 6.42 Å². The molecular formula is C29H19ClN8O6. The van der Waals surface area contributed by atoms with Gasteiger partial charge < -0.3 is 9.97 Å². The number of carbonyl (C=O) groups excluding carboxylic acids is 2. The van der Waals surface area contributed by atoms with Gasteiger partial charge in [0.15, 0.2) is 0 Å². The van der Waals surface area contributed by atoms with Crippen molar-refractivity contribution in [1.29, 1.82) is 0 Å². The van der Waals surface area contributed by atoms with Crippen LogP contribution in [0.25, 0.3) is 22.1 Å². The first-order chi connectivity index (χ1) is 21.1. The molecule has 4 N–H and O–H groups in total. The highest BCUT2D eigenvalue weighted by molar-refractivity contribution is 6.31. The lowest BCUT2D eigenvalue weighted by Gasteiger charge is -2.07. The molecule has 6 aromatic rings. The first-order valence-corrected chi connectivity index (χ1v) is 13.3. The van der Waals surface area contributed by atoms with Gasteiger partial charge in [-0.05, 0) is 60.0 Å². The number of rotatable bonds is 8. The molecular weight excluding hydrogens is 592 g/mol. The number of carbonyl (C=O) groups is 2. The summed E-state index contributed by atoms with van der Waals surface area (Å²) < 4.78 is 0. The second kappa shape index (κ2) is 11.3. The number of nitro benzene ring substituents is 2. The molecule has 0 bridgehead atoms. The lowest BCUT2D eigenvalue weighted by Crippen LogP contribution is -2.13. The standard InChI is InChI=1S/C29H19ClN8O6/c30-19-5-7-23-25(14-19)34-29(32-23)36-27(40)18-9-16(10-21(13-18)38(43)44)8-15-4-6-22-24(11-15)33-28(31-22)35-26(39)17-2-1-3-20(12-17)37(41)42/h1-7,9-14H,8H2,(H2,31,33,35,39)(H2,32,34,36,40). The summed E-state index contributed by atoms with van der Waals surface area (Å²) in [6, 6.07) is 19.7. The van der Waals surface area contributed by atoms with Crippen LogP contribution in [-0.4, -0.2) is 41.6 Å². The van der Waals surface area contributed by atoms with Crippen LogP contribution in [0.1, 0.15) is 31.8 Å². The minimum absolute atomic E-state index is 0.0708. The Labute approximate surface area is 251 Å². The van der Waals surface area contributed by atoms with Crippen molar-refractivity contribution in [3.05, 3.63) is 126 Å². The minimum atomic E-state index is -0.590. The Kier molecular flexibility index (Phi) is 7.16. The Morgan fingerprint density at radius 3 is 2.00 bits per heavy atom. The summed E-state index contributed by atoms with van der Waals surface area (Å²) in [7, 11) is 0.